The number of nitrogens with one attached hydrogen (secondary N) is 1. The summed E-state index contributed by atoms with van der Waals surface area (Å²) in [6.07, 6.45) is 1.46. The molecule has 0 atom stereocenters. The van der Waals surface area contributed by atoms with Gasteiger partial charge in [-0.25, -0.2) is 0 Å². The molecule has 0 aliphatic heterocycles. The van der Waals surface area contributed by atoms with Crippen molar-refractivity contribution in [1.29, 1.82) is 5.26 Å². The first-order valence-electron chi connectivity index (χ1n) is 6.85. The summed E-state index contributed by atoms with van der Waals surface area (Å²) in [7, 11) is 1.73. The average molecular weight is 275 g/mol. The molecule has 20 heavy (non-hydrogen) atoms. The summed E-state index contributed by atoms with van der Waals surface area (Å²) in [4.78, 5) is 13.4. The molecule has 0 unspecified atom stereocenters. The van der Waals surface area contributed by atoms with Crippen LogP contribution in [0.15, 0.2) is 0 Å². The summed E-state index contributed by atoms with van der Waals surface area (Å²) in [6, 6.07) is 2.17. The molecule has 1 aromatic rings. The van der Waals surface area contributed by atoms with Crippen LogP contribution in [0.1, 0.15) is 37.6 Å². The van der Waals surface area contributed by atoms with Gasteiger partial charge in [0.1, 0.15) is 11.6 Å². The average Bonchev–Trinajstić information content (AvgIpc) is 2.50. The number of nitrogens with zero attached hydrogens (tertiary/aromatic N) is 4. The number of carbonyl (C=O) groups is 1. The summed E-state index contributed by atoms with van der Waals surface area (Å²) < 4.78 is 0. The van der Waals surface area contributed by atoms with E-state index < -0.39 is 0 Å². The standard InChI is InChI=1S/C14H21N5O/c1-5-10-11(8-15)14(18-17-12(10)6-2)16-9-13(20)19(4)7-3/h5-7,9H2,1-4H3,(H,16,18). The maximum Gasteiger partial charge on any atom is 0.241 e. The maximum absolute atomic E-state index is 11.8. The quantitative estimate of drug-likeness (QED) is 0.847. The van der Waals surface area contributed by atoms with Gasteiger partial charge in [-0.2, -0.15) is 10.4 Å². The van der Waals surface area contributed by atoms with Crippen LogP contribution in [0, 0.1) is 11.3 Å². The van der Waals surface area contributed by atoms with Gasteiger partial charge in [0.15, 0.2) is 5.82 Å². The van der Waals surface area contributed by atoms with Crippen LogP contribution in [0.2, 0.25) is 0 Å². The van der Waals surface area contributed by atoms with Crippen LogP contribution in [0.3, 0.4) is 0 Å². The fourth-order valence-electron chi connectivity index (χ4n) is 1.89. The molecule has 6 nitrogen and oxygen atoms in total. The highest BCUT2D eigenvalue weighted by molar-refractivity contribution is 5.80. The van der Waals surface area contributed by atoms with Crippen LogP contribution in [-0.2, 0) is 17.6 Å². The summed E-state index contributed by atoms with van der Waals surface area (Å²) in [5.74, 6) is 0.343. The van der Waals surface area contributed by atoms with Crippen molar-refractivity contribution < 1.29 is 4.79 Å². The monoisotopic (exact) mass is 275 g/mol. The number of anilines is 1. The highest BCUT2D eigenvalue weighted by Crippen LogP contribution is 2.19. The van der Waals surface area contributed by atoms with E-state index in [4.69, 9.17) is 0 Å². The van der Waals surface area contributed by atoms with Gasteiger partial charge in [-0.05, 0) is 25.3 Å². The molecule has 1 amide bonds. The van der Waals surface area contributed by atoms with Crippen LogP contribution in [0.4, 0.5) is 5.82 Å². The molecule has 0 aliphatic rings. The molecule has 0 saturated carbocycles. The van der Waals surface area contributed by atoms with Crippen molar-refractivity contribution >= 4 is 11.7 Å². The van der Waals surface area contributed by atoms with Gasteiger partial charge in [-0.1, -0.05) is 13.8 Å². The summed E-state index contributed by atoms with van der Waals surface area (Å²) in [6.45, 7) is 6.63. The lowest BCUT2D eigenvalue weighted by Gasteiger charge is -2.16. The molecular formula is C14H21N5O. The van der Waals surface area contributed by atoms with Gasteiger partial charge < -0.3 is 10.2 Å². The fraction of sp³-hybridized carbons (Fsp3) is 0.571. The Hall–Kier alpha value is -2.16. The molecule has 1 N–H and O–H groups in total. The van der Waals surface area contributed by atoms with Gasteiger partial charge in [0.2, 0.25) is 5.91 Å². The summed E-state index contributed by atoms with van der Waals surface area (Å²) in [5, 5.41) is 20.4. The van der Waals surface area contributed by atoms with Crippen LogP contribution in [0.5, 0.6) is 0 Å². The number of nitriles is 1. The largest absolute Gasteiger partial charge is 0.358 e. The minimum Gasteiger partial charge on any atom is -0.358 e. The molecule has 6 heteroatoms. The Balaban J connectivity index is 2.97. The molecule has 0 fully saturated rings. The number of amides is 1. The SMILES string of the molecule is CCc1nnc(NCC(=O)N(C)CC)c(C#N)c1CC. The zero-order chi connectivity index (χ0) is 15.1. The van der Waals surface area contributed by atoms with E-state index in [1.165, 1.54) is 0 Å². The van der Waals surface area contributed by atoms with E-state index in [1.807, 2.05) is 20.8 Å². The van der Waals surface area contributed by atoms with Gasteiger partial charge in [0.25, 0.3) is 0 Å². The Kier molecular flexibility index (Phi) is 5.91. The third-order valence-electron chi connectivity index (χ3n) is 3.27. The number of aryl methyl sites for hydroxylation is 1. The van der Waals surface area contributed by atoms with Crippen molar-refractivity contribution in [3.63, 3.8) is 0 Å². The zero-order valence-corrected chi connectivity index (χ0v) is 12.5. The van der Waals surface area contributed by atoms with Crippen LogP contribution in [-0.4, -0.2) is 41.1 Å². The number of hydrogen-bond acceptors (Lipinski definition) is 5. The van der Waals surface area contributed by atoms with Crippen molar-refractivity contribution in [2.45, 2.75) is 33.6 Å². The van der Waals surface area contributed by atoms with E-state index in [1.54, 1.807) is 11.9 Å². The number of carbonyl (C=O) groups excluding carboxylic acids is 1. The van der Waals surface area contributed by atoms with Crippen molar-refractivity contribution in [2.24, 2.45) is 0 Å². The molecule has 1 aromatic heterocycles. The Morgan fingerprint density at radius 2 is 2.00 bits per heavy atom. The van der Waals surface area contributed by atoms with E-state index in [9.17, 15) is 10.1 Å². The molecule has 0 radical (unpaired) electrons. The van der Waals surface area contributed by atoms with Gasteiger partial charge in [0, 0.05) is 13.6 Å². The van der Waals surface area contributed by atoms with Gasteiger partial charge in [-0.15, -0.1) is 5.10 Å². The second-order valence-corrected chi connectivity index (χ2v) is 4.43. The molecule has 108 valence electrons. The predicted molar refractivity (Wildman–Crippen MR) is 77.3 cm³/mol. The van der Waals surface area contributed by atoms with E-state index in [0.717, 1.165) is 24.1 Å². The Morgan fingerprint density at radius 3 is 2.50 bits per heavy atom. The third-order valence-corrected chi connectivity index (χ3v) is 3.27. The smallest absolute Gasteiger partial charge is 0.241 e. The normalized spacial score (nSPS) is 9.95. The second-order valence-electron chi connectivity index (χ2n) is 4.43. The first-order chi connectivity index (χ1) is 9.58. The Labute approximate surface area is 119 Å². The first kappa shape index (κ1) is 15.9. The minimum atomic E-state index is -0.0455. The summed E-state index contributed by atoms with van der Waals surface area (Å²) >= 11 is 0. The van der Waals surface area contributed by atoms with E-state index >= 15 is 0 Å². The van der Waals surface area contributed by atoms with Gasteiger partial charge in [0.05, 0.1) is 12.2 Å². The van der Waals surface area contributed by atoms with Crippen LogP contribution in [0.25, 0.3) is 0 Å². The van der Waals surface area contributed by atoms with Crippen molar-refractivity contribution in [3.05, 3.63) is 16.8 Å². The highest BCUT2D eigenvalue weighted by atomic mass is 16.2. The van der Waals surface area contributed by atoms with Crippen LogP contribution >= 0.6 is 0 Å². The van der Waals surface area contributed by atoms with E-state index in [-0.39, 0.29) is 12.5 Å². The minimum absolute atomic E-state index is 0.0455. The molecule has 1 heterocycles. The third kappa shape index (κ3) is 3.44. The van der Waals surface area contributed by atoms with E-state index in [0.29, 0.717) is 17.9 Å². The lowest BCUT2D eigenvalue weighted by Crippen LogP contribution is -2.32. The molecule has 1 rings (SSSR count). The fourth-order valence-corrected chi connectivity index (χ4v) is 1.89. The van der Waals surface area contributed by atoms with Gasteiger partial charge >= 0.3 is 0 Å². The molecule has 0 aliphatic carbocycles. The molecule has 0 spiro atoms. The van der Waals surface area contributed by atoms with Gasteiger partial charge in [-0.3, -0.25) is 4.79 Å². The number of hydrogen-bond donors (Lipinski definition) is 1. The topological polar surface area (TPSA) is 81.9 Å². The van der Waals surface area contributed by atoms with Crippen molar-refractivity contribution in [2.75, 3.05) is 25.5 Å². The molecular weight excluding hydrogens is 254 g/mol. The Bertz CT molecular complexity index is 521. The molecule has 0 saturated heterocycles. The van der Waals surface area contributed by atoms with Crippen LogP contribution < -0.4 is 5.32 Å². The number of rotatable bonds is 6. The lowest BCUT2D eigenvalue weighted by atomic mass is 10.0. The predicted octanol–water partition coefficient (Wildman–Crippen LogP) is 1.36. The first-order valence-corrected chi connectivity index (χ1v) is 6.85. The van der Waals surface area contributed by atoms with Crippen molar-refractivity contribution in [1.82, 2.24) is 15.1 Å². The van der Waals surface area contributed by atoms with E-state index in [2.05, 4.69) is 21.6 Å². The maximum atomic E-state index is 11.8. The summed E-state index contributed by atoms with van der Waals surface area (Å²) in [5.41, 5.74) is 2.24. The zero-order valence-electron chi connectivity index (χ0n) is 12.5. The number of likely N-dealkylation sites (N-methyl/N-ethyl adjacent to an activating group) is 1. The Morgan fingerprint density at radius 1 is 1.30 bits per heavy atom. The number of aromatic nitrogens is 2. The lowest BCUT2D eigenvalue weighted by molar-refractivity contribution is -0.127. The van der Waals surface area contributed by atoms with Crippen molar-refractivity contribution in [3.8, 4) is 6.07 Å². The molecule has 0 bridgehead atoms. The highest BCUT2D eigenvalue weighted by Gasteiger charge is 2.15. The second kappa shape index (κ2) is 7.43. The molecule has 0 aromatic carbocycles.